The predicted molar refractivity (Wildman–Crippen MR) is 100 cm³/mol. The molecule has 126 valence electrons. The van der Waals surface area contributed by atoms with Crippen LogP contribution in [0.2, 0.25) is 0 Å². The lowest BCUT2D eigenvalue weighted by Crippen LogP contribution is -2.32. The minimum absolute atomic E-state index is 0.238. The van der Waals surface area contributed by atoms with Gasteiger partial charge in [0.15, 0.2) is 0 Å². The molecule has 2 aromatic carbocycles. The van der Waals surface area contributed by atoms with Crippen molar-refractivity contribution in [1.29, 1.82) is 0 Å². The Labute approximate surface area is 151 Å². The van der Waals surface area contributed by atoms with Crippen LogP contribution in [0.3, 0.4) is 0 Å². The molecule has 2 atom stereocenters. The van der Waals surface area contributed by atoms with E-state index >= 15 is 0 Å². The van der Waals surface area contributed by atoms with Crippen molar-refractivity contribution in [3.8, 4) is 5.75 Å². The summed E-state index contributed by atoms with van der Waals surface area (Å²) in [6, 6.07) is 17.4. The lowest BCUT2D eigenvalue weighted by Gasteiger charge is -2.38. The molecule has 0 radical (unpaired) electrons. The van der Waals surface area contributed by atoms with Gasteiger partial charge in [0.25, 0.3) is 0 Å². The van der Waals surface area contributed by atoms with Gasteiger partial charge >= 0.3 is 0 Å². The van der Waals surface area contributed by atoms with E-state index in [0.29, 0.717) is 6.04 Å². The van der Waals surface area contributed by atoms with Crippen LogP contribution in [0.5, 0.6) is 5.75 Å². The van der Waals surface area contributed by atoms with E-state index in [-0.39, 0.29) is 5.37 Å². The molecule has 1 aromatic heterocycles. The average Bonchev–Trinajstić information content (AvgIpc) is 3.24. The Bertz CT molecular complexity index is 923. The highest BCUT2D eigenvalue weighted by Gasteiger charge is 2.39. The van der Waals surface area contributed by atoms with Crippen LogP contribution in [0, 0.1) is 0 Å². The number of rotatable bonds is 2. The predicted octanol–water partition coefficient (Wildman–Crippen LogP) is 4.55. The third-order valence-electron chi connectivity index (χ3n) is 4.91. The van der Waals surface area contributed by atoms with Gasteiger partial charge in [-0.15, -0.1) is 0 Å². The average molecular weight is 349 g/mol. The quantitative estimate of drug-likeness (QED) is 0.679. The molecule has 0 bridgehead atoms. The maximum atomic E-state index is 5.90. The topological polar surface area (TPSA) is 30.3 Å². The summed E-state index contributed by atoms with van der Waals surface area (Å²) in [5.41, 5.74) is 3.83. The van der Waals surface area contributed by atoms with Gasteiger partial charge in [-0.3, -0.25) is 4.68 Å². The molecule has 0 aliphatic carbocycles. The highest BCUT2D eigenvalue weighted by Crippen LogP contribution is 2.56. The standard InChI is InChI=1S/C20H19N3OS/c1-22-13-14(12-21-22)20-23(17-7-3-5-9-19(17)25-20)16-10-11-24-18-8-4-2-6-15(16)18/h2-9,12-13,16,20H,10-11H2,1H3/t16?,20-/m0/s1. The van der Waals surface area contributed by atoms with Crippen molar-refractivity contribution in [3.63, 3.8) is 0 Å². The molecule has 3 aromatic rings. The molecule has 0 amide bonds. The van der Waals surface area contributed by atoms with Gasteiger partial charge in [0.2, 0.25) is 0 Å². The smallest absolute Gasteiger partial charge is 0.124 e. The van der Waals surface area contributed by atoms with Gasteiger partial charge in [0.05, 0.1) is 24.5 Å². The van der Waals surface area contributed by atoms with Gasteiger partial charge in [-0.2, -0.15) is 5.10 Å². The van der Waals surface area contributed by atoms with Crippen LogP contribution >= 0.6 is 11.8 Å². The summed E-state index contributed by atoms with van der Waals surface area (Å²) < 4.78 is 7.78. The Hall–Kier alpha value is -2.40. The van der Waals surface area contributed by atoms with E-state index in [1.165, 1.54) is 21.7 Å². The first kappa shape index (κ1) is 14.9. The number of para-hydroxylation sites is 2. The fourth-order valence-electron chi connectivity index (χ4n) is 3.81. The van der Waals surface area contributed by atoms with Crippen molar-refractivity contribution in [1.82, 2.24) is 9.78 Å². The number of aryl methyl sites for hydroxylation is 1. The van der Waals surface area contributed by atoms with E-state index in [1.807, 2.05) is 35.8 Å². The third kappa shape index (κ3) is 2.42. The summed E-state index contributed by atoms with van der Waals surface area (Å²) in [5, 5.41) is 4.64. The number of ether oxygens (including phenoxy) is 1. The van der Waals surface area contributed by atoms with Crippen LogP contribution in [-0.4, -0.2) is 16.4 Å². The van der Waals surface area contributed by atoms with Crippen LogP contribution in [-0.2, 0) is 7.05 Å². The van der Waals surface area contributed by atoms with E-state index in [1.54, 1.807) is 0 Å². The van der Waals surface area contributed by atoms with Crippen LogP contribution in [0.25, 0.3) is 0 Å². The molecule has 0 spiro atoms. The molecule has 0 saturated carbocycles. The lowest BCUT2D eigenvalue weighted by atomic mass is 9.97. The normalized spacial score (nSPS) is 21.6. The lowest BCUT2D eigenvalue weighted by molar-refractivity contribution is 0.263. The van der Waals surface area contributed by atoms with Gasteiger partial charge in [0.1, 0.15) is 11.1 Å². The highest BCUT2D eigenvalue weighted by atomic mass is 32.2. The van der Waals surface area contributed by atoms with E-state index in [0.717, 1.165) is 18.8 Å². The maximum Gasteiger partial charge on any atom is 0.124 e. The first-order valence-electron chi connectivity index (χ1n) is 8.55. The van der Waals surface area contributed by atoms with Gasteiger partial charge in [0, 0.05) is 35.7 Å². The van der Waals surface area contributed by atoms with Crippen LogP contribution < -0.4 is 9.64 Å². The van der Waals surface area contributed by atoms with Gasteiger partial charge < -0.3 is 9.64 Å². The summed E-state index contributed by atoms with van der Waals surface area (Å²) in [7, 11) is 1.98. The molecule has 0 fully saturated rings. The number of fused-ring (bicyclic) bond motifs is 2. The number of anilines is 1. The van der Waals surface area contributed by atoms with Crippen molar-refractivity contribution < 1.29 is 4.74 Å². The molecule has 2 aliphatic heterocycles. The second kappa shape index (κ2) is 5.85. The molecule has 0 saturated heterocycles. The van der Waals surface area contributed by atoms with E-state index in [9.17, 15) is 0 Å². The molecule has 4 nitrogen and oxygen atoms in total. The number of hydrogen-bond acceptors (Lipinski definition) is 4. The second-order valence-electron chi connectivity index (χ2n) is 6.48. The van der Waals surface area contributed by atoms with Crippen LogP contribution in [0.15, 0.2) is 65.8 Å². The summed E-state index contributed by atoms with van der Waals surface area (Å²) in [5.74, 6) is 1.01. The maximum absolute atomic E-state index is 5.90. The molecule has 1 unspecified atom stereocenters. The van der Waals surface area contributed by atoms with Crippen molar-refractivity contribution in [2.24, 2.45) is 7.05 Å². The SMILES string of the molecule is Cn1cc([C@@H]2Sc3ccccc3N2C2CCOc3ccccc32)cn1. The number of benzene rings is 2. The Morgan fingerprint density at radius 1 is 1.12 bits per heavy atom. The molecular formula is C20H19N3OS. The molecule has 0 N–H and O–H groups in total. The van der Waals surface area contributed by atoms with Crippen molar-refractivity contribution >= 4 is 17.4 Å². The minimum atomic E-state index is 0.238. The molecule has 3 heterocycles. The third-order valence-corrected chi connectivity index (χ3v) is 6.23. The zero-order chi connectivity index (χ0) is 16.8. The van der Waals surface area contributed by atoms with Crippen LogP contribution in [0.4, 0.5) is 5.69 Å². The largest absolute Gasteiger partial charge is 0.493 e. The number of thioether (sulfide) groups is 1. The second-order valence-corrected chi connectivity index (χ2v) is 7.61. The van der Waals surface area contributed by atoms with Gasteiger partial charge in [-0.1, -0.05) is 42.1 Å². The Balaban J connectivity index is 1.64. The monoisotopic (exact) mass is 349 g/mol. The van der Waals surface area contributed by atoms with E-state index in [2.05, 4.69) is 58.7 Å². The number of hydrogen-bond donors (Lipinski definition) is 0. The zero-order valence-electron chi connectivity index (χ0n) is 14.0. The Kier molecular flexibility index (Phi) is 3.48. The molecule has 5 rings (SSSR count). The Morgan fingerprint density at radius 3 is 2.84 bits per heavy atom. The highest BCUT2D eigenvalue weighted by molar-refractivity contribution is 8.00. The molecule has 5 heteroatoms. The number of nitrogens with zero attached hydrogens (tertiary/aromatic N) is 3. The van der Waals surface area contributed by atoms with Crippen molar-refractivity contribution in [2.45, 2.75) is 22.7 Å². The summed E-state index contributed by atoms with van der Waals surface area (Å²) in [6.45, 7) is 0.755. The van der Waals surface area contributed by atoms with Crippen LogP contribution in [0.1, 0.15) is 29.0 Å². The van der Waals surface area contributed by atoms with E-state index < -0.39 is 0 Å². The summed E-state index contributed by atoms with van der Waals surface area (Å²) in [4.78, 5) is 3.89. The molecule has 2 aliphatic rings. The zero-order valence-corrected chi connectivity index (χ0v) is 14.8. The first-order chi connectivity index (χ1) is 12.3. The number of aromatic nitrogens is 2. The summed E-state index contributed by atoms with van der Waals surface area (Å²) in [6.07, 6.45) is 5.10. The molecular weight excluding hydrogens is 330 g/mol. The Morgan fingerprint density at radius 2 is 1.96 bits per heavy atom. The summed E-state index contributed by atoms with van der Waals surface area (Å²) >= 11 is 1.91. The van der Waals surface area contributed by atoms with Crippen molar-refractivity contribution in [2.75, 3.05) is 11.5 Å². The fraction of sp³-hybridized carbons (Fsp3) is 0.250. The van der Waals surface area contributed by atoms with Gasteiger partial charge in [-0.05, 0) is 18.2 Å². The van der Waals surface area contributed by atoms with Gasteiger partial charge in [-0.25, -0.2) is 0 Å². The minimum Gasteiger partial charge on any atom is -0.493 e. The van der Waals surface area contributed by atoms with E-state index in [4.69, 9.17) is 4.74 Å². The first-order valence-corrected chi connectivity index (χ1v) is 9.43. The molecule has 25 heavy (non-hydrogen) atoms. The van der Waals surface area contributed by atoms with Crippen molar-refractivity contribution in [3.05, 3.63) is 72.1 Å². The fourth-order valence-corrected chi connectivity index (χ4v) is 5.14.